The number of carbonyl (C=O) groups excluding carboxylic acids is 2. The highest BCUT2D eigenvalue weighted by Crippen LogP contribution is 2.26. The van der Waals surface area contributed by atoms with Gasteiger partial charge >= 0.3 is 0 Å². The van der Waals surface area contributed by atoms with Gasteiger partial charge in [0, 0.05) is 43.9 Å². The van der Waals surface area contributed by atoms with Gasteiger partial charge in [0.25, 0.3) is 5.91 Å². The van der Waals surface area contributed by atoms with Crippen molar-refractivity contribution in [2.75, 3.05) is 13.6 Å². The summed E-state index contributed by atoms with van der Waals surface area (Å²) in [5, 5.41) is 7.57. The lowest BCUT2D eigenvalue weighted by Gasteiger charge is -2.17. The molecule has 1 N–H and O–H groups in total. The third-order valence-corrected chi connectivity index (χ3v) is 5.79. The molecule has 0 fully saturated rings. The zero-order chi connectivity index (χ0) is 24.1. The van der Waals surface area contributed by atoms with Crippen molar-refractivity contribution in [3.8, 4) is 16.9 Å². The van der Waals surface area contributed by atoms with Gasteiger partial charge in [0.15, 0.2) is 5.76 Å². The highest BCUT2D eigenvalue weighted by Gasteiger charge is 2.18. The topological polar surface area (TPSA) is 80.4 Å². The number of para-hydroxylation sites is 1. The molecule has 2 aromatic carbocycles. The van der Waals surface area contributed by atoms with Crippen molar-refractivity contribution in [1.82, 2.24) is 20.0 Å². The van der Waals surface area contributed by atoms with Crippen LogP contribution < -0.4 is 5.32 Å². The first kappa shape index (κ1) is 23.0. The van der Waals surface area contributed by atoms with Crippen LogP contribution in [0, 0.1) is 13.8 Å². The van der Waals surface area contributed by atoms with Crippen LogP contribution in [-0.4, -0.2) is 40.1 Å². The number of aryl methyl sites for hydroxylation is 2. The molecule has 7 nitrogen and oxygen atoms in total. The van der Waals surface area contributed by atoms with Crippen LogP contribution in [0.3, 0.4) is 0 Å². The minimum Gasteiger partial charge on any atom is -0.459 e. The number of benzene rings is 2. The van der Waals surface area contributed by atoms with Gasteiger partial charge in [0.05, 0.1) is 17.6 Å². The number of aromatic nitrogens is 2. The molecule has 0 unspecified atom stereocenters. The molecular weight excluding hydrogens is 428 g/mol. The molecule has 7 heteroatoms. The quantitative estimate of drug-likeness (QED) is 0.423. The fraction of sp³-hybridized carbons (Fsp3) is 0.222. The zero-order valence-corrected chi connectivity index (χ0v) is 19.6. The maximum atomic E-state index is 12.8. The number of hydrogen-bond acceptors (Lipinski definition) is 4. The number of hydrogen-bond donors (Lipinski definition) is 1. The van der Waals surface area contributed by atoms with E-state index in [0.29, 0.717) is 6.54 Å². The second-order valence-corrected chi connectivity index (χ2v) is 8.32. The highest BCUT2D eigenvalue weighted by atomic mass is 16.3. The minimum atomic E-state index is -0.332. The lowest BCUT2D eigenvalue weighted by molar-refractivity contribution is -0.130. The van der Waals surface area contributed by atoms with Crippen LogP contribution in [0.5, 0.6) is 0 Å². The third-order valence-electron chi connectivity index (χ3n) is 5.79. The van der Waals surface area contributed by atoms with E-state index in [4.69, 9.17) is 9.52 Å². The predicted molar refractivity (Wildman–Crippen MR) is 131 cm³/mol. The summed E-state index contributed by atoms with van der Waals surface area (Å²) in [5.41, 5.74) is 6.17. The van der Waals surface area contributed by atoms with Crippen molar-refractivity contribution in [1.29, 1.82) is 0 Å². The summed E-state index contributed by atoms with van der Waals surface area (Å²) in [5.74, 6) is -0.174. The van der Waals surface area contributed by atoms with Gasteiger partial charge in [0.2, 0.25) is 5.91 Å². The standard InChI is InChI=1S/C27H28N4O3/c1-19-11-12-21(16-20(19)2)26-22(18-31(29-26)23-8-5-4-6-9-23)17-30(3)25(32)13-14-28-27(33)24-10-7-15-34-24/h4-12,15-16,18H,13-14,17H2,1-3H3,(H,28,33). The van der Waals surface area contributed by atoms with Crippen molar-refractivity contribution in [2.24, 2.45) is 0 Å². The number of furan rings is 1. The van der Waals surface area contributed by atoms with Gasteiger partial charge in [-0.3, -0.25) is 9.59 Å². The van der Waals surface area contributed by atoms with Crippen molar-refractivity contribution in [2.45, 2.75) is 26.8 Å². The normalized spacial score (nSPS) is 10.8. The summed E-state index contributed by atoms with van der Waals surface area (Å²) in [7, 11) is 1.76. The molecule has 0 aliphatic heterocycles. The van der Waals surface area contributed by atoms with Gasteiger partial charge < -0.3 is 14.6 Å². The predicted octanol–water partition coefficient (Wildman–Crippen LogP) is 4.53. The first-order valence-corrected chi connectivity index (χ1v) is 11.2. The molecule has 34 heavy (non-hydrogen) atoms. The lowest BCUT2D eigenvalue weighted by Crippen LogP contribution is -2.31. The summed E-state index contributed by atoms with van der Waals surface area (Å²) >= 11 is 0. The van der Waals surface area contributed by atoms with Gasteiger partial charge in [-0.1, -0.05) is 30.3 Å². The maximum Gasteiger partial charge on any atom is 0.286 e. The number of amides is 2. The number of nitrogens with zero attached hydrogens (tertiary/aromatic N) is 3. The number of carbonyl (C=O) groups is 2. The summed E-state index contributed by atoms with van der Waals surface area (Å²) in [6.45, 7) is 4.80. The Balaban J connectivity index is 1.50. The first-order valence-electron chi connectivity index (χ1n) is 11.2. The molecule has 0 radical (unpaired) electrons. The average molecular weight is 457 g/mol. The largest absolute Gasteiger partial charge is 0.459 e. The van der Waals surface area contributed by atoms with Crippen LogP contribution in [0.15, 0.2) is 77.5 Å². The van der Waals surface area contributed by atoms with Crippen molar-refractivity contribution < 1.29 is 14.0 Å². The Bertz CT molecular complexity index is 1280. The van der Waals surface area contributed by atoms with E-state index in [9.17, 15) is 9.59 Å². The SMILES string of the molecule is Cc1ccc(-c2nn(-c3ccccc3)cc2CN(C)C(=O)CCNC(=O)c2ccco2)cc1C. The smallest absolute Gasteiger partial charge is 0.286 e. The zero-order valence-electron chi connectivity index (χ0n) is 19.6. The van der Waals surface area contributed by atoms with Gasteiger partial charge in [-0.2, -0.15) is 5.10 Å². The maximum absolute atomic E-state index is 12.8. The van der Waals surface area contributed by atoms with E-state index in [2.05, 4.69) is 37.4 Å². The van der Waals surface area contributed by atoms with E-state index in [1.807, 2.05) is 41.2 Å². The second-order valence-electron chi connectivity index (χ2n) is 8.32. The molecule has 0 aliphatic carbocycles. The molecule has 2 amide bonds. The van der Waals surface area contributed by atoms with Crippen LogP contribution in [-0.2, 0) is 11.3 Å². The van der Waals surface area contributed by atoms with Gasteiger partial charge in [0.1, 0.15) is 0 Å². The molecule has 0 atom stereocenters. The number of rotatable bonds is 8. The monoisotopic (exact) mass is 456 g/mol. The Morgan fingerprint density at radius 3 is 2.53 bits per heavy atom. The Labute approximate surface area is 199 Å². The first-order chi connectivity index (χ1) is 16.4. The molecule has 2 aromatic heterocycles. The highest BCUT2D eigenvalue weighted by molar-refractivity contribution is 5.91. The molecule has 174 valence electrons. The molecule has 2 heterocycles. The summed E-state index contributed by atoms with van der Waals surface area (Å²) in [6.07, 6.45) is 3.60. The molecule has 0 bridgehead atoms. The van der Waals surface area contributed by atoms with E-state index >= 15 is 0 Å². The summed E-state index contributed by atoms with van der Waals surface area (Å²) in [4.78, 5) is 26.4. The fourth-order valence-corrected chi connectivity index (χ4v) is 3.68. The molecule has 4 aromatic rings. The fourth-order valence-electron chi connectivity index (χ4n) is 3.68. The van der Waals surface area contributed by atoms with E-state index < -0.39 is 0 Å². The van der Waals surface area contributed by atoms with Gasteiger partial charge in [-0.05, 0) is 55.3 Å². The molecule has 0 aliphatic rings. The Morgan fingerprint density at radius 1 is 1.03 bits per heavy atom. The van der Waals surface area contributed by atoms with Crippen molar-refractivity contribution >= 4 is 11.8 Å². The lowest BCUT2D eigenvalue weighted by atomic mass is 10.0. The minimum absolute atomic E-state index is 0.0711. The van der Waals surface area contributed by atoms with E-state index in [0.717, 1.165) is 22.5 Å². The van der Waals surface area contributed by atoms with E-state index in [-0.39, 0.29) is 30.5 Å². The Hall–Kier alpha value is -4.13. The summed E-state index contributed by atoms with van der Waals surface area (Å²) < 4.78 is 6.92. The average Bonchev–Trinajstić information content (AvgIpc) is 3.52. The number of nitrogens with one attached hydrogen (secondary N) is 1. The molecule has 0 saturated heterocycles. The van der Waals surface area contributed by atoms with Crippen molar-refractivity contribution in [3.05, 3.63) is 95.6 Å². The van der Waals surface area contributed by atoms with Gasteiger partial charge in [-0.25, -0.2) is 4.68 Å². The van der Waals surface area contributed by atoms with E-state index in [1.54, 1.807) is 24.1 Å². The Morgan fingerprint density at radius 2 is 1.82 bits per heavy atom. The third kappa shape index (κ3) is 5.26. The van der Waals surface area contributed by atoms with Crippen LogP contribution in [0.25, 0.3) is 16.9 Å². The van der Waals surface area contributed by atoms with Crippen LogP contribution in [0.4, 0.5) is 0 Å². The van der Waals surface area contributed by atoms with Gasteiger partial charge in [-0.15, -0.1) is 0 Å². The van der Waals surface area contributed by atoms with Crippen LogP contribution in [0.2, 0.25) is 0 Å². The van der Waals surface area contributed by atoms with E-state index in [1.165, 1.54) is 17.4 Å². The molecule has 4 rings (SSSR count). The molecular formula is C27H28N4O3. The van der Waals surface area contributed by atoms with Crippen LogP contribution >= 0.6 is 0 Å². The Kier molecular flexibility index (Phi) is 6.92. The molecule has 0 spiro atoms. The van der Waals surface area contributed by atoms with Crippen LogP contribution in [0.1, 0.15) is 33.7 Å². The summed E-state index contributed by atoms with van der Waals surface area (Å²) in [6, 6.07) is 19.4. The van der Waals surface area contributed by atoms with Crippen molar-refractivity contribution in [3.63, 3.8) is 0 Å². The molecule has 0 saturated carbocycles. The second kappa shape index (κ2) is 10.2.